The third kappa shape index (κ3) is 3.47. The lowest BCUT2D eigenvalue weighted by Crippen LogP contribution is -2.21. The first-order valence-corrected chi connectivity index (χ1v) is 6.16. The van der Waals surface area contributed by atoms with Gasteiger partial charge in [-0.2, -0.15) is 0 Å². The summed E-state index contributed by atoms with van der Waals surface area (Å²) in [6, 6.07) is 6.79. The van der Waals surface area contributed by atoms with Crippen LogP contribution < -0.4 is 5.32 Å². The topological polar surface area (TPSA) is 55.4 Å². The molecule has 96 valence electrons. The van der Waals surface area contributed by atoms with Gasteiger partial charge in [-0.25, -0.2) is 0 Å². The van der Waals surface area contributed by atoms with E-state index in [9.17, 15) is 9.59 Å². The molecule has 0 spiro atoms. The van der Waals surface area contributed by atoms with Crippen molar-refractivity contribution in [3.05, 3.63) is 29.3 Å². The van der Waals surface area contributed by atoms with Crippen LogP contribution in [0.5, 0.6) is 0 Å². The van der Waals surface area contributed by atoms with Crippen LogP contribution in [0.2, 0.25) is 5.02 Å². The van der Waals surface area contributed by atoms with Gasteiger partial charge in [0.15, 0.2) is 6.61 Å². The molecule has 18 heavy (non-hydrogen) atoms. The molecule has 0 saturated heterocycles. The van der Waals surface area contributed by atoms with Gasteiger partial charge in [0.1, 0.15) is 0 Å². The number of esters is 1. The number of rotatable bonds is 4. The fourth-order valence-corrected chi connectivity index (χ4v) is 1.85. The zero-order valence-electron chi connectivity index (χ0n) is 9.98. The molecule has 1 saturated carbocycles. The highest BCUT2D eigenvalue weighted by molar-refractivity contribution is 6.30. The fraction of sp³-hybridized carbons (Fsp3) is 0.385. The molecule has 0 aliphatic heterocycles. The van der Waals surface area contributed by atoms with Crippen LogP contribution in [-0.2, 0) is 14.3 Å². The molecule has 0 heterocycles. The molecule has 4 nitrogen and oxygen atoms in total. The highest BCUT2D eigenvalue weighted by Crippen LogP contribution is 2.38. The van der Waals surface area contributed by atoms with Crippen molar-refractivity contribution in [3.8, 4) is 0 Å². The van der Waals surface area contributed by atoms with Crippen LogP contribution in [0.4, 0.5) is 5.69 Å². The Morgan fingerprint density at radius 3 is 2.83 bits per heavy atom. The van der Waals surface area contributed by atoms with Crippen LogP contribution in [0.25, 0.3) is 0 Å². The van der Waals surface area contributed by atoms with Gasteiger partial charge in [0, 0.05) is 10.7 Å². The average molecular weight is 268 g/mol. The van der Waals surface area contributed by atoms with Gasteiger partial charge in [-0.1, -0.05) is 24.6 Å². The predicted octanol–water partition coefficient (Wildman–Crippen LogP) is 2.48. The summed E-state index contributed by atoms with van der Waals surface area (Å²) in [5.41, 5.74) is 0.586. The minimum absolute atomic E-state index is 0.0241. The van der Waals surface area contributed by atoms with E-state index in [0.717, 1.165) is 6.42 Å². The Hall–Kier alpha value is -1.55. The molecule has 1 aliphatic rings. The lowest BCUT2D eigenvalue weighted by atomic mass is 10.3. The number of hydrogen-bond donors (Lipinski definition) is 1. The van der Waals surface area contributed by atoms with Crippen LogP contribution in [0, 0.1) is 11.8 Å². The molecule has 1 aromatic carbocycles. The van der Waals surface area contributed by atoms with Crippen molar-refractivity contribution in [2.24, 2.45) is 11.8 Å². The Morgan fingerprint density at radius 2 is 2.22 bits per heavy atom. The second kappa shape index (κ2) is 5.40. The summed E-state index contributed by atoms with van der Waals surface area (Å²) >= 11 is 5.79. The Bertz CT molecular complexity index is 475. The number of carbonyl (C=O) groups is 2. The molecule has 0 radical (unpaired) electrons. The van der Waals surface area contributed by atoms with Crippen molar-refractivity contribution in [1.29, 1.82) is 0 Å². The smallest absolute Gasteiger partial charge is 0.309 e. The van der Waals surface area contributed by atoms with E-state index in [1.54, 1.807) is 24.3 Å². The predicted molar refractivity (Wildman–Crippen MR) is 68.3 cm³/mol. The molecular formula is C13H14ClNO3. The zero-order chi connectivity index (χ0) is 13.1. The second-order valence-corrected chi connectivity index (χ2v) is 4.92. The van der Waals surface area contributed by atoms with Gasteiger partial charge >= 0.3 is 5.97 Å². The van der Waals surface area contributed by atoms with Gasteiger partial charge in [0.05, 0.1) is 5.92 Å². The third-order valence-corrected chi connectivity index (χ3v) is 3.10. The summed E-state index contributed by atoms with van der Waals surface area (Å²) in [6.45, 7) is 1.73. The standard InChI is InChI=1S/C13H14ClNO3/c1-8-5-11(8)13(17)18-7-12(16)15-10-4-2-3-9(14)6-10/h2-4,6,8,11H,5,7H2,1H3,(H,15,16). The number of anilines is 1. The Kier molecular flexibility index (Phi) is 3.87. The highest BCUT2D eigenvalue weighted by atomic mass is 35.5. The van der Waals surface area contributed by atoms with Crippen molar-refractivity contribution in [2.45, 2.75) is 13.3 Å². The number of halogens is 1. The van der Waals surface area contributed by atoms with Gasteiger partial charge in [0.2, 0.25) is 0 Å². The van der Waals surface area contributed by atoms with Gasteiger partial charge in [-0.15, -0.1) is 0 Å². The normalized spacial score (nSPS) is 21.2. The van der Waals surface area contributed by atoms with E-state index in [2.05, 4.69) is 5.32 Å². The maximum Gasteiger partial charge on any atom is 0.309 e. The highest BCUT2D eigenvalue weighted by Gasteiger charge is 2.40. The number of hydrogen-bond acceptors (Lipinski definition) is 3. The molecule has 2 atom stereocenters. The zero-order valence-corrected chi connectivity index (χ0v) is 10.7. The Labute approximate surface area is 110 Å². The van der Waals surface area contributed by atoms with Crippen molar-refractivity contribution < 1.29 is 14.3 Å². The summed E-state index contributed by atoms with van der Waals surface area (Å²) in [5, 5.41) is 3.15. The number of benzene rings is 1. The van der Waals surface area contributed by atoms with E-state index in [0.29, 0.717) is 16.6 Å². The molecule has 2 unspecified atom stereocenters. The van der Waals surface area contributed by atoms with Crippen molar-refractivity contribution >= 4 is 29.2 Å². The van der Waals surface area contributed by atoms with Crippen LogP contribution >= 0.6 is 11.6 Å². The van der Waals surface area contributed by atoms with Crippen LogP contribution in [0.15, 0.2) is 24.3 Å². The van der Waals surface area contributed by atoms with Gasteiger partial charge in [0.25, 0.3) is 5.91 Å². The lowest BCUT2D eigenvalue weighted by Gasteiger charge is -2.06. The molecule has 5 heteroatoms. The number of amides is 1. The summed E-state index contributed by atoms with van der Waals surface area (Å²) in [7, 11) is 0. The minimum Gasteiger partial charge on any atom is -0.455 e. The molecule has 1 aliphatic carbocycles. The van der Waals surface area contributed by atoms with E-state index in [4.69, 9.17) is 16.3 Å². The molecule has 1 fully saturated rings. The largest absolute Gasteiger partial charge is 0.455 e. The average Bonchev–Trinajstić information content (AvgIpc) is 3.03. The van der Waals surface area contributed by atoms with Gasteiger partial charge < -0.3 is 10.1 Å². The second-order valence-electron chi connectivity index (χ2n) is 4.49. The van der Waals surface area contributed by atoms with Crippen molar-refractivity contribution in [2.75, 3.05) is 11.9 Å². The maximum atomic E-state index is 11.5. The molecule has 1 aromatic rings. The molecule has 2 rings (SSSR count). The summed E-state index contributed by atoms with van der Waals surface area (Å²) < 4.78 is 4.92. The SMILES string of the molecule is CC1CC1C(=O)OCC(=O)Nc1cccc(Cl)c1. The molecule has 1 amide bonds. The van der Waals surface area contributed by atoms with Gasteiger partial charge in [-0.3, -0.25) is 9.59 Å². The van der Waals surface area contributed by atoms with Crippen molar-refractivity contribution in [3.63, 3.8) is 0 Å². The summed E-state index contributed by atoms with van der Waals surface area (Å²) in [6.07, 6.45) is 0.856. The van der Waals surface area contributed by atoms with E-state index in [1.165, 1.54) is 0 Å². The number of carbonyl (C=O) groups excluding carboxylic acids is 2. The molecule has 1 N–H and O–H groups in total. The van der Waals surface area contributed by atoms with E-state index in [-0.39, 0.29) is 24.4 Å². The summed E-state index contributed by atoms with van der Waals surface area (Å²) in [4.78, 5) is 22.9. The van der Waals surface area contributed by atoms with Crippen LogP contribution in [0.3, 0.4) is 0 Å². The van der Waals surface area contributed by atoms with Gasteiger partial charge in [-0.05, 0) is 30.5 Å². The molecule has 0 bridgehead atoms. The minimum atomic E-state index is -0.362. The quantitative estimate of drug-likeness (QED) is 0.853. The lowest BCUT2D eigenvalue weighted by molar-refractivity contribution is -0.148. The fourth-order valence-electron chi connectivity index (χ4n) is 1.66. The maximum absolute atomic E-state index is 11.5. The molecular weight excluding hydrogens is 254 g/mol. The van der Waals surface area contributed by atoms with E-state index in [1.807, 2.05) is 6.92 Å². The van der Waals surface area contributed by atoms with Crippen LogP contribution in [0.1, 0.15) is 13.3 Å². The van der Waals surface area contributed by atoms with E-state index < -0.39 is 0 Å². The number of ether oxygens (including phenoxy) is 1. The summed E-state index contributed by atoms with van der Waals surface area (Å²) in [5.74, 6) is -0.292. The Morgan fingerprint density at radius 1 is 1.50 bits per heavy atom. The van der Waals surface area contributed by atoms with E-state index >= 15 is 0 Å². The monoisotopic (exact) mass is 267 g/mol. The first kappa shape index (κ1) is 12.9. The van der Waals surface area contributed by atoms with Crippen LogP contribution in [-0.4, -0.2) is 18.5 Å². The Balaban J connectivity index is 1.77. The third-order valence-electron chi connectivity index (χ3n) is 2.87. The number of nitrogens with one attached hydrogen (secondary N) is 1. The van der Waals surface area contributed by atoms with Crippen molar-refractivity contribution in [1.82, 2.24) is 0 Å². The first-order chi connectivity index (χ1) is 8.56. The molecule has 0 aromatic heterocycles. The first-order valence-electron chi connectivity index (χ1n) is 5.78.